The SMILES string of the molecule is CC(C#N)(C#N)Cc1ccc2c(c1)OCO2. The Morgan fingerprint density at radius 1 is 1.25 bits per heavy atom. The van der Waals surface area contributed by atoms with Crippen LogP contribution in [0.4, 0.5) is 0 Å². The van der Waals surface area contributed by atoms with Crippen molar-refractivity contribution in [1.29, 1.82) is 10.5 Å². The number of benzene rings is 1. The Balaban J connectivity index is 2.24. The first-order valence-electron chi connectivity index (χ1n) is 4.88. The highest BCUT2D eigenvalue weighted by Crippen LogP contribution is 2.34. The first-order valence-corrected chi connectivity index (χ1v) is 4.88. The van der Waals surface area contributed by atoms with Gasteiger partial charge in [0, 0.05) is 6.42 Å². The minimum absolute atomic E-state index is 0.229. The van der Waals surface area contributed by atoms with E-state index < -0.39 is 5.41 Å². The monoisotopic (exact) mass is 214 g/mol. The lowest BCUT2D eigenvalue weighted by Gasteiger charge is -2.11. The average molecular weight is 214 g/mol. The zero-order valence-corrected chi connectivity index (χ0v) is 8.86. The third-order valence-electron chi connectivity index (χ3n) is 2.49. The molecule has 0 spiro atoms. The first kappa shape index (κ1) is 10.3. The highest BCUT2D eigenvalue weighted by Gasteiger charge is 2.25. The van der Waals surface area contributed by atoms with Gasteiger partial charge in [0.15, 0.2) is 11.5 Å². The van der Waals surface area contributed by atoms with Crippen LogP contribution in [-0.2, 0) is 6.42 Å². The molecule has 0 saturated carbocycles. The van der Waals surface area contributed by atoms with Crippen LogP contribution in [0.15, 0.2) is 18.2 Å². The average Bonchev–Trinajstić information content (AvgIpc) is 2.76. The molecule has 1 heterocycles. The van der Waals surface area contributed by atoms with Gasteiger partial charge in [0.25, 0.3) is 0 Å². The van der Waals surface area contributed by atoms with Gasteiger partial charge in [0.2, 0.25) is 6.79 Å². The molecule has 1 aliphatic heterocycles. The van der Waals surface area contributed by atoms with Gasteiger partial charge in [-0.15, -0.1) is 0 Å². The first-order chi connectivity index (χ1) is 7.67. The summed E-state index contributed by atoms with van der Waals surface area (Å²) >= 11 is 0. The maximum Gasteiger partial charge on any atom is 0.231 e. The van der Waals surface area contributed by atoms with Crippen LogP contribution >= 0.6 is 0 Å². The summed E-state index contributed by atoms with van der Waals surface area (Å²) in [6, 6.07) is 9.48. The fraction of sp³-hybridized carbons (Fsp3) is 0.333. The second-order valence-electron chi connectivity index (χ2n) is 3.92. The fourth-order valence-electron chi connectivity index (χ4n) is 1.56. The van der Waals surface area contributed by atoms with Crippen LogP contribution in [0.3, 0.4) is 0 Å². The maximum atomic E-state index is 8.91. The van der Waals surface area contributed by atoms with Crippen molar-refractivity contribution in [3.63, 3.8) is 0 Å². The number of fused-ring (bicyclic) bond motifs is 1. The van der Waals surface area contributed by atoms with Gasteiger partial charge < -0.3 is 9.47 Å². The summed E-state index contributed by atoms with van der Waals surface area (Å²) in [6.45, 7) is 1.85. The van der Waals surface area contributed by atoms with Crippen LogP contribution in [0.1, 0.15) is 12.5 Å². The van der Waals surface area contributed by atoms with Crippen LogP contribution in [-0.4, -0.2) is 6.79 Å². The zero-order valence-electron chi connectivity index (χ0n) is 8.86. The van der Waals surface area contributed by atoms with Crippen LogP contribution in [0, 0.1) is 28.1 Å². The normalized spacial score (nSPS) is 12.9. The molecule has 0 bridgehead atoms. The van der Waals surface area contributed by atoms with Gasteiger partial charge in [0.1, 0.15) is 5.41 Å². The Morgan fingerprint density at radius 3 is 2.62 bits per heavy atom. The van der Waals surface area contributed by atoms with Crippen molar-refractivity contribution in [3.05, 3.63) is 23.8 Å². The van der Waals surface area contributed by atoms with E-state index in [-0.39, 0.29) is 6.79 Å². The number of hydrogen-bond acceptors (Lipinski definition) is 4. The third-order valence-corrected chi connectivity index (χ3v) is 2.49. The van der Waals surface area contributed by atoms with Crippen LogP contribution in [0.2, 0.25) is 0 Å². The fourth-order valence-corrected chi connectivity index (χ4v) is 1.56. The topological polar surface area (TPSA) is 66.0 Å². The Labute approximate surface area is 93.6 Å². The van der Waals surface area contributed by atoms with E-state index in [0.29, 0.717) is 17.9 Å². The lowest BCUT2D eigenvalue weighted by Crippen LogP contribution is -2.14. The smallest absolute Gasteiger partial charge is 0.231 e. The number of rotatable bonds is 2. The molecule has 0 saturated heterocycles. The van der Waals surface area contributed by atoms with Gasteiger partial charge in [-0.05, 0) is 24.6 Å². The molecule has 1 aliphatic rings. The van der Waals surface area contributed by atoms with E-state index >= 15 is 0 Å². The molecule has 1 aromatic rings. The summed E-state index contributed by atoms with van der Waals surface area (Å²) in [7, 11) is 0. The Kier molecular flexibility index (Phi) is 2.42. The molecule has 0 N–H and O–H groups in total. The number of nitrogens with zero attached hydrogens (tertiary/aromatic N) is 2. The summed E-state index contributed by atoms with van der Waals surface area (Å²) in [4.78, 5) is 0. The van der Waals surface area contributed by atoms with E-state index in [1.54, 1.807) is 13.0 Å². The second-order valence-corrected chi connectivity index (χ2v) is 3.92. The van der Waals surface area contributed by atoms with Crippen molar-refractivity contribution in [2.45, 2.75) is 13.3 Å². The summed E-state index contributed by atoms with van der Waals surface area (Å²) < 4.78 is 10.4. The summed E-state index contributed by atoms with van der Waals surface area (Å²) in [6.07, 6.45) is 0.386. The molecule has 4 nitrogen and oxygen atoms in total. The minimum Gasteiger partial charge on any atom is -0.454 e. The van der Waals surface area contributed by atoms with Crippen molar-refractivity contribution in [2.24, 2.45) is 5.41 Å². The standard InChI is InChI=1S/C12H10N2O2/c1-12(6-13,7-14)5-9-2-3-10-11(4-9)16-8-15-10/h2-4H,5,8H2,1H3. The second kappa shape index (κ2) is 3.75. The van der Waals surface area contributed by atoms with Crippen molar-refractivity contribution in [3.8, 4) is 23.6 Å². The molecule has 0 amide bonds. The van der Waals surface area contributed by atoms with Crippen molar-refractivity contribution in [2.75, 3.05) is 6.79 Å². The number of ether oxygens (including phenoxy) is 2. The van der Waals surface area contributed by atoms with Gasteiger partial charge in [-0.3, -0.25) is 0 Å². The van der Waals surface area contributed by atoms with Crippen molar-refractivity contribution < 1.29 is 9.47 Å². The molecule has 4 heteroatoms. The highest BCUT2D eigenvalue weighted by atomic mass is 16.7. The number of nitriles is 2. The number of hydrogen-bond donors (Lipinski definition) is 0. The van der Waals surface area contributed by atoms with Gasteiger partial charge in [-0.2, -0.15) is 10.5 Å². The molecule has 0 aromatic heterocycles. The van der Waals surface area contributed by atoms with E-state index in [2.05, 4.69) is 0 Å². The highest BCUT2D eigenvalue weighted by molar-refractivity contribution is 5.45. The molecule has 1 aromatic carbocycles. The molecular formula is C12H10N2O2. The van der Waals surface area contributed by atoms with E-state index in [0.717, 1.165) is 5.56 Å². The molecule has 0 fully saturated rings. The quantitative estimate of drug-likeness (QED) is 0.755. The lowest BCUT2D eigenvalue weighted by molar-refractivity contribution is 0.174. The van der Waals surface area contributed by atoms with Crippen LogP contribution in [0.25, 0.3) is 0 Å². The molecule has 80 valence electrons. The third kappa shape index (κ3) is 1.78. The van der Waals surface area contributed by atoms with E-state index in [1.807, 2.05) is 24.3 Å². The van der Waals surface area contributed by atoms with Crippen molar-refractivity contribution >= 4 is 0 Å². The molecule has 0 unspecified atom stereocenters. The largest absolute Gasteiger partial charge is 0.454 e. The predicted octanol–water partition coefficient (Wildman–Crippen LogP) is 2.01. The van der Waals surface area contributed by atoms with E-state index in [9.17, 15) is 0 Å². The molecule has 2 rings (SSSR count). The van der Waals surface area contributed by atoms with Crippen LogP contribution in [0.5, 0.6) is 11.5 Å². The molecule has 0 radical (unpaired) electrons. The van der Waals surface area contributed by atoms with Gasteiger partial charge >= 0.3 is 0 Å². The summed E-state index contributed by atoms with van der Waals surface area (Å²) in [5, 5.41) is 17.8. The Hall–Kier alpha value is -2.20. The van der Waals surface area contributed by atoms with Gasteiger partial charge in [0.05, 0.1) is 12.1 Å². The molecule has 16 heavy (non-hydrogen) atoms. The zero-order chi connectivity index (χ0) is 11.6. The molecule has 0 aliphatic carbocycles. The van der Waals surface area contributed by atoms with Gasteiger partial charge in [-0.25, -0.2) is 0 Å². The minimum atomic E-state index is -0.992. The Morgan fingerprint density at radius 2 is 1.94 bits per heavy atom. The maximum absolute atomic E-state index is 8.91. The van der Waals surface area contributed by atoms with Crippen LogP contribution < -0.4 is 9.47 Å². The van der Waals surface area contributed by atoms with Crippen molar-refractivity contribution in [1.82, 2.24) is 0 Å². The molecule has 0 atom stereocenters. The summed E-state index contributed by atoms with van der Waals surface area (Å²) in [5.41, 5.74) is -0.0944. The van der Waals surface area contributed by atoms with E-state index in [4.69, 9.17) is 20.0 Å². The Bertz CT molecular complexity index is 483. The molecular weight excluding hydrogens is 204 g/mol. The summed E-state index contributed by atoms with van der Waals surface area (Å²) in [5.74, 6) is 1.38. The van der Waals surface area contributed by atoms with E-state index in [1.165, 1.54) is 0 Å². The van der Waals surface area contributed by atoms with Gasteiger partial charge in [-0.1, -0.05) is 6.07 Å². The predicted molar refractivity (Wildman–Crippen MR) is 55.6 cm³/mol. The lowest BCUT2D eigenvalue weighted by atomic mass is 9.87.